The summed E-state index contributed by atoms with van der Waals surface area (Å²) in [6.07, 6.45) is 4.44. The van der Waals surface area contributed by atoms with Crippen LogP contribution in [0.2, 0.25) is 0 Å². The minimum Gasteiger partial charge on any atom is -0.493 e. The third kappa shape index (κ3) is 6.39. The third-order valence-corrected chi connectivity index (χ3v) is 6.34. The maximum Gasteiger partial charge on any atom is 0.251 e. The number of carbonyl (C=O) groups excluding carboxylic acids is 1. The van der Waals surface area contributed by atoms with Gasteiger partial charge in [0.1, 0.15) is 5.82 Å². The van der Waals surface area contributed by atoms with Crippen LogP contribution in [-0.2, 0) is 13.0 Å². The van der Waals surface area contributed by atoms with E-state index in [1.165, 1.54) is 0 Å². The number of unbranched alkanes of at least 4 members (excludes halogenated alkanes) is 1. The first-order valence-corrected chi connectivity index (χ1v) is 12.7. The number of fused-ring (bicyclic) bond motifs is 1. The molecule has 0 fully saturated rings. The molecular formula is C31H35N3O3. The largest absolute Gasteiger partial charge is 0.493 e. The summed E-state index contributed by atoms with van der Waals surface area (Å²) in [7, 11) is 1.66. The molecule has 1 N–H and O–H groups in total. The zero-order valence-corrected chi connectivity index (χ0v) is 21.9. The number of hydrogen-bond acceptors (Lipinski definition) is 4. The summed E-state index contributed by atoms with van der Waals surface area (Å²) in [5, 5.41) is 3.12. The Bertz CT molecular complexity index is 1380. The maximum atomic E-state index is 12.9. The molecular weight excluding hydrogens is 462 g/mol. The standard InChI is InChI=1S/C31H35N3O3/c1-5-11-24-16-17-28(29(21-24)36-4)37-19-9-8-18-34-27-15-7-6-14-26(27)33-30(34)23(3)32-31(35)25-13-10-12-22(2)20-25/h5-7,10,12-17,20-21,23H,1,8-9,11,18-19H2,2-4H3,(H,32,35). The Hall–Kier alpha value is -4.06. The normalized spacial score (nSPS) is 11.8. The van der Waals surface area contributed by atoms with Gasteiger partial charge in [-0.1, -0.05) is 42.0 Å². The van der Waals surface area contributed by atoms with E-state index in [0.717, 1.165) is 65.3 Å². The summed E-state index contributed by atoms with van der Waals surface area (Å²) >= 11 is 0. The number of para-hydroxylation sites is 2. The molecule has 1 atom stereocenters. The summed E-state index contributed by atoms with van der Waals surface area (Å²) in [6.45, 7) is 9.12. The highest BCUT2D eigenvalue weighted by molar-refractivity contribution is 5.94. The average Bonchev–Trinajstić information content (AvgIpc) is 3.28. The molecule has 0 saturated heterocycles. The van der Waals surface area contributed by atoms with E-state index in [-0.39, 0.29) is 11.9 Å². The fraction of sp³-hybridized carbons (Fsp3) is 0.290. The van der Waals surface area contributed by atoms with Gasteiger partial charge in [-0.25, -0.2) is 4.98 Å². The van der Waals surface area contributed by atoms with Crippen LogP contribution in [0.3, 0.4) is 0 Å². The SMILES string of the molecule is C=CCc1ccc(OCCCCn2c(C(C)NC(=O)c3cccc(C)c3)nc3ccccc32)c(OC)c1. The van der Waals surface area contributed by atoms with Crippen LogP contribution in [0, 0.1) is 6.92 Å². The zero-order chi connectivity index (χ0) is 26.2. The molecule has 6 heteroatoms. The Labute approximate surface area is 218 Å². The van der Waals surface area contributed by atoms with Crippen LogP contribution in [0.5, 0.6) is 11.5 Å². The summed E-state index contributed by atoms with van der Waals surface area (Å²) in [5.74, 6) is 2.23. The number of nitrogens with zero attached hydrogens (tertiary/aromatic N) is 2. The number of ether oxygens (including phenoxy) is 2. The zero-order valence-electron chi connectivity index (χ0n) is 21.9. The van der Waals surface area contributed by atoms with Crippen LogP contribution >= 0.6 is 0 Å². The molecule has 192 valence electrons. The summed E-state index contributed by atoms with van der Waals surface area (Å²) in [6, 6.07) is 21.5. The predicted octanol–water partition coefficient (Wildman–Crippen LogP) is 6.43. The number of aromatic nitrogens is 2. The molecule has 4 rings (SSSR count). The van der Waals surface area contributed by atoms with Crippen molar-refractivity contribution < 1.29 is 14.3 Å². The number of imidazole rings is 1. The number of carbonyl (C=O) groups is 1. The Morgan fingerprint density at radius 2 is 1.92 bits per heavy atom. The second kappa shape index (κ2) is 12.3. The van der Waals surface area contributed by atoms with Gasteiger partial charge in [0.25, 0.3) is 5.91 Å². The molecule has 1 aromatic heterocycles. The molecule has 0 saturated carbocycles. The van der Waals surface area contributed by atoms with E-state index in [0.29, 0.717) is 12.2 Å². The number of aryl methyl sites for hydroxylation is 2. The Kier molecular flexibility index (Phi) is 8.62. The van der Waals surface area contributed by atoms with Crippen molar-refractivity contribution >= 4 is 16.9 Å². The Balaban J connectivity index is 1.40. The van der Waals surface area contributed by atoms with Crippen molar-refractivity contribution in [2.24, 2.45) is 0 Å². The molecule has 1 heterocycles. The number of rotatable bonds is 12. The van der Waals surface area contributed by atoms with Crippen molar-refractivity contribution in [2.75, 3.05) is 13.7 Å². The van der Waals surface area contributed by atoms with Gasteiger partial charge in [-0.05, 0) is 75.1 Å². The minimum atomic E-state index is -0.241. The lowest BCUT2D eigenvalue weighted by molar-refractivity contribution is 0.0937. The van der Waals surface area contributed by atoms with Crippen molar-refractivity contribution in [3.8, 4) is 11.5 Å². The van der Waals surface area contributed by atoms with Gasteiger partial charge in [0.2, 0.25) is 0 Å². The fourth-order valence-electron chi connectivity index (χ4n) is 4.47. The highest BCUT2D eigenvalue weighted by Gasteiger charge is 2.19. The molecule has 0 aliphatic rings. The van der Waals surface area contributed by atoms with Gasteiger partial charge in [-0.2, -0.15) is 0 Å². The van der Waals surface area contributed by atoms with Crippen LogP contribution in [0.4, 0.5) is 0 Å². The van der Waals surface area contributed by atoms with E-state index in [1.54, 1.807) is 7.11 Å². The smallest absolute Gasteiger partial charge is 0.251 e. The van der Waals surface area contributed by atoms with E-state index in [9.17, 15) is 4.79 Å². The number of methoxy groups -OCH3 is 1. The van der Waals surface area contributed by atoms with Crippen LogP contribution in [0.1, 0.15) is 53.1 Å². The Morgan fingerprint density at radius 3 is 2.70 bits per heavy atom. The van der Waals surface area contributed by atoms with E-state index in [1.807, 2.05) is 80.6 Å². The average molecular weight is 498 g/mol. The molecule has 1 unspecified atom stereocenters. The topological polar surface area (TPSA) is 65.4 Å². The van der Waals surface area contributed by atoms with Gasteiger partial charge in [0, 0.05) is 12.1 Å². The number of nitrogens with one attached hydrogen (secondary N) is 1. The van der Waals surface area contributed by atoms with Crippen LogP contribution in [0.25, 0.3) is 11.0 Å². The molecule has 1 amide bonds. The second-order valence-corrected chi connectivity index (χ2v) is 9.21. The highest BCUT2D eigenvalue weighted by Crippen LogP contribution is 2.29. The van der Waals surface area contributed by atoms with Crippen molar-refractivity contribution in [1.82, 2.24) is 14.9 Å². The fourth-order valence-corrected chi connectivity index (χ4v) is 4.47. The van der Waals surface area contributed by atoms with E-state index in [4.69, 9.17) is 14.5 Å². The monoisotopic (exact) mass is 497 g/mol. The Morgan fingerprint density at radius 1 is 1.08 bits per heavy atom. The van der Waals surface area contributed by atoms with Crippen LogP contribution < -0.4 is 14.8 Å². The summed E-state index contributed by atoms with van der Waals surface area (Å²) in [5.41, 5.74) is 4.84. The van der Waals surface area contributed by atoms with Gasteiger partial charge in [-0.3, -0.25) is 4.79 Å². The number of amides is 1. The highest BCUT2D eigenvalue weighted by atomic mass is 16.5. The first-order chi connectivity index (χ1) is 18.0. The van der Waals surface area contributed by atoms with Gasteiger partial charge in [0.15, 0.2) is 11.5 Å². The third-order valence-electron chi connectivity index (χ3n) is 6.34. The molecule has 6 nitrogen and oxygen atoms in total. The number of benzene rings is 3. The van der Waals surface area contributed by atoms with Crippen molar-refractivity contribution in [3.05, 3.63) is 102 Å². The predicted molar refractivity (Wildman–Crippen MR) is 148 cm³/mol. The first kappa shape index (κ1) is 26.0. The van der Waals surface area contributed by atoms with E-state index in [2.05, 4.69) is 22.5 Å². The molecule has 0 spiro atoms. The lowest BCUT2D eigenvalue weighted by Crippen LogP contribution is -2.28. The lowest BCUT2D eigenvalue weighted by Gasteiger charge is -2.17. The minimum absolute atomic E-state index is 0.101. The van der Waals surface area contributed by atoms with Gasteiger partial charge in [0.05, 0.1) is 30.8 Å². The molecule has 3 aromatic carbocycles. The maximum absolute atomic E-state index is 12.9. The quantitative estimate of drug-likeness (QED) is 0.181. The van der Waals surface area contributed by atoms with Gasteiger partial charge >= 0.3 is 0 Å². The van der Waals surface area contributed by atoms with E-state index >= 15 is 0 Å². The summed E-state index contributed by atoms with van der Waals surface area (Å²) < 4.78 is 13.7. The van der Waals surface area contributed by atoms with Crippen molar-refractivity contribution in [3.63, 3.8) is 0 Å². The van der Waals surface area contributed by atoms with Gasteiger partial charge in [-0.15, -0.1) is 6.58 Å². The van der Waals surface area contributed by atoms with Crippen LogP contribution in [0.15, 0.2) is 79.4 Å². The summed E-state index contributed by atoms with van der Waals surface area (Å²) in [4.78, 5) is 17.7. The lowest BCUT2D eigenvalue weighted by atomic mass is 10.1. The van der Waals surface area contributed by atoms with Crippen molar-refractivity contribution in [1.29, 1.82) is 0 Å². The van der Waals surface area contributed by atoms with Crippen LogP contribution in [-0.4, -0.2) is 29.2 Å². The second-order valence-electron chi connectivity index (χ2n) is 9.21. The molecule has 0 aliphatic heterocycles. The van der Waals surface area contributed by atoms with Gasteiger partial charge < -0.3 is 19.4 Å². The molecule has 0 radical (unpaired) electrons. The van der Waals surface area contributed by atoms with Crippen molar-refractivity contribution in [2.45, 2.75) is 45.7 Å². The first-order valence-electron chi connectivity index (χ1n) is 12.7. The molecule has 37 heavy (non-hydrogen) atoms. The molecule has 0 aliphatic carbocycles. The van der Waals surface area contributed by atoms with E-state index < -0.39 is 0 Å². The molecule has 4 aromatic rings. The number of hydrogen-bond donors (Lipinski definition) is 1. The molecule has 0 bridgehead atoms. The number of allylic oxidation sites excluding steroid dienone is 1.